The molecule has 0 aromatic heterocycles. The van der Waals surface area contributed by atoms with Crippen LogP contribution in [0.15, 0.2) is 35.2 Å². The Hall–Kier alpha value is -0.870. The first kappa shape index (κ1) is 19.2. The van der Waals surface area contributed by atoms with Gasteiger partial charge in [-0.3, -0.25) is 4.18 Å². The summed E-state index contributed by atoms with van der Waals surface area (Å²) >= 11 is 0. The van der Waals surface area contributed by atoms with E-state index in [0.29, 0.717) is 0 Å². The molecule has 0 aliphatic heterocycles. The van der Waals surface area contributed by atoms with Gasteiger partial charge in [0.05, 0.1) is 10.5 Å². The van der Waals surface area contributed by atoms with Gasteiger partial charge < -0.3 is 0 Å². The first-order valence-electron chi connectivity index (χ1n) is 8.44. The number of unbranched alkanes of at least 4 members (excludes halogenated alkanes) is 4. The lowest BCUT2D eigenvalue weighted by Gasteiger charge is -2.29. The zero-order valence-electron chi connectivity index (χ0n) is 14.2. The molecule has 0 saturated heterocycles. The molecule has 0 bridgehead atoms. The maximum absolute atomic E-state index is 12.5. The maximum atomic E-state index is 12.5. The molecular weight excluding hydrogens is 298 g/mol. The lowest BCUT2D eigenvalue weighted by atomic mass is 9.93. The summed E-state index contributed by atoms with van der Waals surface area (Å²) in [5, 5.41) is 0. The Morgan fingerprint density at radius 3 is 2.27 bits per heavy atom. The van der Waals surface area contributed by atoms with Gasteiger partial charge in [-0.1, -0.05) is 70.6 Å². The molecule has 1 aromatic rings. The quantitative estimate of drug-likeness (QED) is 0.408. The van der Waals surface area contributed by atoms with Crippen LogP contribution in [0.1, 0.15) is 72.1 Å². The van der Waals surface area contributed by atoms with Crippen LogP contribution in [0.25, 0.3) is 0 Å². The minimum atomic E-state index is -3.69. The third-order valence-corrected chi connectivity index (χ3v) is 5.43. The smallest absolute Gasteiger partial charge is 0.260 e. The molecule has 0 saturated carbocycles. The highest BCUT2D eigenvalue weighted by molar-refractivity contribution is 7.86. The van der Waals surface area contributed by atoms with Crippen molar-refractivity contribution in [3.8, 4) is 0 Å². The van der Waals surface area contributed by atoms with E-state index < -0.39 is 15.7 Å². The predicted molar refractivity (Wildman–Crippen MR) is 91.4 cm³/mol. The second-order valence-electron chi connectivity index (χ2n) is 6.21. The summed E-state index contributed by atoms with van der Waals surface area (Å²) in [7, 11) is -3.69. The largest absolute Gasteiger partial charge is 0.297 e. The minimum absolute atomic E-state index is 0.242. The highest BCUT2D eigenvalue weighted by atomic mass is 32.2. The Labute approximate surface area is 136 Å². The molecule has 1 aromatic carbocycles. The second kappa shape index (κ2) is 9.31. The minimum Gasteiger partial charge on any atom is -0.260 e. The molecule has 0 aliphatic carbocycles. The van der Waals surface area contributed by atoms with Gasteiger partial charge in [-0.25, -0.2) is 0 Å². The standard InChI is InChI=1S/C18H30O3S/c1-4-6-8-12-16-18(3,15-7-5-2)21-22(19,20)17-13-10-9-11-14-17/h9-11,13-14H,4-8,12,15-16H2,1-3H3/i2+2. The van der Waals surface area contributed by atoms with Crippen molar-refractivity contribution in [2.24, 2.45) is 0 Å². The van der Waals surface area contributed by atoms with E-state index in [4.69, 9.17) is 4.18 Å². The van der Waals surface area contributed by atoms with Gasteiger partial charge in [-0.05, 0) is 31.9 Å². The van der Waals surface area contributed by atoms with Crippen LogP contribution in [0.5, 0.6) is 0 Å². The molecule has 1 atom stereocenters. The predicted octanol–water partition coefficient (Wildman–Crippen LogP) is 5.31. The number of hydrogen-bond acceptors (Lipinski definition) is 3. The molecule has 0 N–H and O–H groups in total. The monoisotopic (exact) mass is 328 g/mol. The van der Waals surface area contributed by atoms with Gasteiger partial charge in [-0.15, -0.1) is 0 Å². The first-order chi connectivity index (χ1) is 10.4. The average Bonchev–Trinajstić information content (AvgIpc) is 2.50. The molecule has 0 heterocycles. The maximum Gasteiger partial charge on any atom is 0.297 e. The van der Waals surface area contributed by atoms with Crippen molar-refractivity contribution in [2.45, 2.75) is 82.6 Å². The Balaban J connectivity index is 2.78. The summed E-state index contributed by atoms with van der Waals surface area (Å²) in [6.07, 6.45) is 8.10. The molecule has 4 heteroatoms. The van der Waals surface area contributed by atoms with Gasteiger partial charge in [-0.2, -0.15) is 8.42 Å². The zero-order valence-corrected chi connectivity index (χ0v) is 15.0. The van der Waals surface area contributed by atoms with Crippen molar-refractivity contribution in [3.05, 3.63) is 30.3 Å². The van der Waals surface area contributed by atoms with E-state index in [0.717, 1.165) is 38.5 Å². The van der Waals surface area contributed by atoms with E-state index >= 15 is 0 Å². The molecule has 0 fully saturated rings. The van der Waals surface area contributed by atoms with Gasteiger partial charge in [0.25, 0.3) is 10.1 Å². The van der Waals surface area contributed by atoms with E-state index in [1.54, 1.807) is 30.3 Å². The van der Waals surface area contributed by atoms with Gasteiger partial charge in [0.2, 0.25) is 0 Å². The summed E-state index contributed by atoms with van der Waals surface area (Å²) in [4.78, 5) is 0.242. The Kier molecular flexibility index (Phi) is 8.12. The van der Waals surface area contributed by atoms with E-state index in [1.807, 2.05) is 6.92 Å². The van der Waals surface area contributed by atoms with Crippen molar-refractivity contribution in [1.82, 2.24) is 0 Å². The van der Waals surface area contributed by atoms with Crippen molar-refractivity contribution >= 4 is 10.1 Å². The Morgan fingerprint density at radius 2 is 1.68 bits per heavy atom. The van der Waals surface area contributed by atoms with Gasteiger partial charge in [0.1, 0.15) is 0 Å². The van der Waals surface area contributed by atoms with Crippen LogP contribution >= 0.6 is 0 Å². The average molecular weight is 328 g/mol. The summed E-state index contributed by atoms with van der Waals surface area (Å²) in [6, 6.07) is 8.43. The molecule has 126 valence electrons. The summed E-state index contributed by atoms with van der Waals surface area (Å²) < 4.78 is 30.6. The normalized spacial score (nSPS) is 14.7. The fourth-order valence-electron chi connectivity index (χ4n) is 2.58. The third kappa shape index (κ3) is 6.49. The molecule has 0 radical (unpaired) electrons. The van der Waals surface area contributed by atoms with E-state index in [-0.39, 0.29) is 4.90 Å². The van der Waals surface area contributed by atoms with E-state index in [2.05, 4.69) is 13.8 Å². The molecule has 1 unspecified atom stereocenters. The summed E-state index contributed by atoms with van der Waals surface area (Å²) in [5.41, 5.74) is -0.599. The molecule has 0 spiro atoms. The van der Waals surface area contributed by atoms with Crippen LogP contribution in [-0.4, -0.2) is 14.0 Å². The topological polar surface area (TPSA) is 43.4 Å². The first-order valence-corrected chi connectivity index (χ1v) is 9.85. The van der Waals surface area contributed by atoms with Crippen molar-refractivity contribution in [1.29, 1.82) is 0 Å². The fraction of sp³-hybridized carbons (Fsp3) is 0.667. The van der Waals surface area contributed by atoms with Gasteiger partial charge >= 0.3 is 0 Å². The SMILES string of the molecule is CCCCCCC(C)(CCC[14CH3])OS(=O)(=O)c1ccccc1. The summed E-state index contributed by atoms with van der Waals surface area (Å²) in [5.74, 6) is 0. The molecule has 3 nitrogen and oxygen atoms in total. The molecule has 0 aliphatic rings. The zero-order chi connectivity index (χ0) is 16.5. The molecular formula is C18H30O3S. The van der Waals surface area contributed by atoms with Crippen molar-refractivity contribution in [3.63, 3.8) is 0 Å². The van der Waals surface area contributed by atoms with Gasteiger partial charge in [0.15, 0.2) is 0 Å². The van der Waals surface area contributed by atoms with Crippen LogP contribution in [0.2, 0.25) is 0 Å². The number of hydrogen-bond donors (Lipinski definition) is 0. The lowest BCUT2D eigenvalue weighted by molar-refractivity contribution is 0.0718. The molecule has 1 rings (SSSR count). The third-order valence-electron chi connectivity index (χ3n) is 3.96. The van der Waals surface area contributed by atoms with Crippen LogP contribution in [0.4, 0.5) is 0 Å². The van der Waals surface area contributed by atoms with Crippen molar-refractivity contribution < 1.29 is 12.6 Å². The van der Waals surface area contributed by atoms with Crippen LogP contribution in [0, 0.1) is 0 Å². The van der Waals surface area contributed by atoms with Crippen molar-refractivity contribution in [2.75, 3.05) is 0 Å². The van der Waals surface area contributed by atoms with E-state index in [9.17, 15) is 8.42 Å². The molecule has 22 heavy (non-hydrogen) atoms. The van der Waals surface area contributed by atoms with Crippen LogP contribution < -0.4 is 0 Å². The summed E-state index contributed by atoms with van der Waals surface area (Å²) in [6.45, 7) is 6.23. The highest BCUT2D eigenvalue weighted by Gasteiger charge is 2.31. The fourth-order valence-corrected chi connectivity index (χ4v) is 3.87. The van der Waals surface area contributed by atoms with Gasteiger partial charge in [0, 0.05) is 0 Å². The van der Waals surface area contributed by atoms with Crippen LogP contribution in [-0.2, 0) is 14.3 Å². The number of rotatable bonds is 11. The Bertz CT molecular complexity index is 510. The molecule has 0 amide bonds. The lowest BCUT2D eigenvalue weighted by Crippen LogP contribution is -2.32. The number of benzene rings is 1. The second-order valence-corrected chi connectivity index (χ2v) is 7.76. The Morgan fingerprint density at radius 1 is 1.05 bits per heavy atom. The van der Waals surface area contributed by atoms with E-state index in [1.165, 1.54) is 12.8 Å². The van der Waals surface area contributed by atoms with Crippen LogP contribution in [0.3, 0.4) is 0 Å². The highest BCUT2D eigenvalue weighted by Crippen LogP contribution is 2.30.